The van der Waals surface area contributed by atoms with Crippen LogP contribution in [0.3, 0.4) is 0 Å². The highest BCUT2D eigenvalue weighted by Gasteiger charge is 2.10. The third-order valence-electron chi connectivity index (χ3n) is 4.44. The van der Waals surface area contributed by atoms with Gasteiger partial charge in [0.15, 0.2) is 0 Å². The minimum atomic E-state index is -0.330. The highest BCUT2D eigenvalue weighted by atomic mass is 16.2. The first-order valence-electron chi connectivity index (χ1n) is 9.18. The van der Waals surface area contributed by atoms with E-state index in [1.807, 2.05) is 12.1 Å². The molecule has 2 N–H and O–H groups in total. The number of hydrogen-bond donors (Lipinski definition) is 2. The predicted molar refractivity (Wildman–Crippen MR) is 108 cm³/mol. The summed E-state index contributed by atoms with van der Waals surface area (Å²) in [5, 5.41) is 6.68. The van der Waals surface area contributed by atoms with Crippen LogP contribution in [0, 0.1) is 0 Å². The molecule has 1 aliphatic heterocycles. The summed E-state index contributed by atoms with van der Waals surface area (Å²) in [6.45, 7) is 3.65. The van der Waals surface area contributed by atoms with Crippen LogP contribution in [-0.2, 0) is 4.79 Å². The number of rotatable bonds is 5. The highest BCUT2D eigenvalue weighted by Crippen LogP contribution is 2.19. The van der Waals surface area contributed by atoms with E-state index in [-0.39, 0.29) is 11.8 Å². The van der Waals surface area contributed by atoms with Crippen molar-refractivity contribution < 1.29 is 9.59 Å². The quantitative estimate of drug-likeness (QED) is 0.631. The zero-order valence-electron chi connectivity index (χ0n) is 15.4. The van der Waals surface area contributed by atoms with Gasteiger partial charge in [0, 0.05) is 37.0 Å². The number of carbonyl (C=O) groups is 2. The number of benzene rings is 2. The van der Waals surface area contributed by atoms with Gasteiger partial charge in [0.2, 0.25) is 5.91 Å². The third kappa shape index (κ3) is 5.41. The molecule has 1 aliphatic rings. The van der Waals surface area contributed by atoms with Gasteiger partial charge in [-0.15, -0.1) is 0 Å². The van der Waals surface area contributed by atoms with Crippen LogP contribution in [0.4, 0.5) is 11.4 Å². The summed E-state index contributed by atoms with van der Waals surface area (Å²) in [4.78, 5) is 25.7. The van der Waals surface area contributed by atoms with Crippen molar-refractivity contribution in [2.45, 2.75) is 26.2 Å². The fourth-order valence-electron chi connectivity index (χ4n) is 3.09. The van der Waals surface area contributed by atoms with Crippen molar-refractivity contribution in [2.75, 3.05) is 23.3 Å². The molecule has 2 aromatic carbocycles. The highest BCUT2D eigenvalue weighted by molar-refractivity contribution is 5.97. The number of hydrogen-bond acceptors (Lipinski definition) is 4. The Kier molecular flexibility index (Phi) is 6.20. The second-order valence-corrected chi connectivity index (χ2v) is 6.60. The van der Waals surface area contributed by atoms with Gasteiger partial charge in [-0.2, -0.15) is 5.10 Å². The van der Waals surface area contributed by atoms with E-state index in [0.29, 0.717) is 11.3 Å². The molecule has 0 bridgehead atoms. The van der Waals surface area contributed by atoms with E-state index in [1.54, 1.807) is 30.5 Å². The van der Waals surface area contributed by atoms with Gasteiger partial charge in [-0.05, 0) is 55.2 Å². The van der Waals surface area contributed by atoms with Crippen molar-refractivity contribution >= 4 is 29.4 Å². The van der Waals surface area contributed by atoms with E-state index >= 15 is 0 Å². The Labute approximate surface area is 159 Å². The van der Waals surface area contributed by atoms with Gasteiger partial charge >= 0.3 is 0 Å². The fraction of sp³-hybridized carbons (Fsp3) is 0.286. The third-order valence-corrected chi connectivity index (χ3v) is 4.44. The van der Waals surface area contributed by atoms with Crippen molar-refractivity contribution in [1.29, 1.82) is 0 Å². The lowest BCUT2D eigenvalue weighted by Gasteiger charge is -2.28. The molecule has 1 saturated heterocycles. The second-order valence-electron chi connectivity index (χ2n) is 6.60. The number of amides is 2. The zero-order valence-corrected chi connectivity index (χ0v) is 15.4. The minimum absolute atomic E-state index is 0.182. The Morgan fingerprint density at radius 1 is 1.04 bits per heavy atom. The first kappa shape index (κ1) is 18.6. The molecule has 3 rings (SSSR count). The first-order chi connectivity index (χ1) is 13.1. The molecular formula is C21H24N4O2. The lowest BCUT2D eigenvalue weighted by atomic mass is 10.1. The maximum Gasteiger partial charge on any atom is 0.271 e. The van der Waals surface area contributed by atoms with Crippen molar-refractivity contribution in [3.63, 3.8) is 0 Å². The Balaban J connectivity index is 1.56. The van der Waals surface area contributed by atoms with Crippen LogP contribution in [0.15, 0.2) is 53.6 Å². The van der Waals surface area contributed by atoms with E-state index < -0.39 is 0 Å². The van der Waals surface area contributed by atoms with E-state index in [2.05, 4.69) is 32.9 Å². The zero-order chi connectivity index (χ0) is 19.1. The van der Waals surface area contributed by atoms with Crippen LogP contribution in [0.2, 0.25) is 0 Å². The van der Waals surface area contributed by atoms with Crippen molar-refractivity contribution in [2.24, 2.45) is 5.10 Å². The first-order valence-corrected chi connectivity index (χ1v) is 9.18. The lowest BCUT2D eigenvalue weighted by Crippen LogP contribution is -2.29. The van der Waals surface area contributed by atoms with Crippen LogP contribution >= 0.6 is 0 Å². The molecule has 0 spiro atoms. The largest absolute Gasteiger partial charge is 0.372 e. The number of nitrogens with zero attached hydrogens (tertiary/aromatic N) is 2. The SMILES string of the molecule is CC(=O)Nc1cccc(C(=O)N/N=C/c2ccc(N3CCCCC3)cc2)c1. The summed E-state index contributed by atoms with van der Waals surface area (Å²) in [5.74, 6) is -0.512. The van der Waals surface area contributed by atoms with Crippen LogP contribution in [0.25, 0.3) is 0 Å². The standard InChI is InChI=1S/C21H24N4O2/c1-16(26)23-19-7-5-6-18(14-19)21(27)24-22-15-17-8-10-20(11-9-17)25-12-3-2-4-13-25/h5-11,14-15H,2-4,12-13H2,1H3,(H,23,26)(H,24,27)/b22-15+. The van der Waals surface area contributed by atoms with Gasteiger partial charge in [0.05, 0.1) is 6.21 Å². The summed E-state index contributed by atoms with van der Waals surface area (Å²) >= 11 is 0. The van der Waals surface area contributed by atoms with Crippen LogP contribution in [0.5, 0.6) is 0 Å². The Hall–Kier alpha value is -3.15. The topological polar surface area (TPSA) is 73.8 Å². The lowest BCUT2D eigenvalue weighted by molar-refractivity contribution is -0.114. The van der Waals surface area contributed by atoms with Crippen LogP contribution < -0.4 is 15.6 Å². The Morgan fingerprint density at radius 3 is 2.48 bits per heavy atom. The maximum atomic E-state index is 12.2. The molecule has 0 unspecified atom stereocenters. The molecule has 2 aromatic rings. The minimum Gasteiger partial charge on any atom is -0.372 e. The van der Waals surface area contributed by atoms with Crippen LogP contribution in [0.1, 0.15) is 42.1 Å². The molecule has 0 saturated carbocycles. The number of piperidine rings is 1. The molecule has 2 amide bonds. The molecule has 0 radical (unpaired) electrons. The van der Waals surface area contributed by atoms with Gasteiger partial charge in [0.25, 0.3) is 5.91 Å². The summed E-state index contributed by atoms with van der Waals surface area (Å²) < 4.78 is 0. The number of nitrogens with one attached hydrogen (secondary N) is 2. The summed E-state index contributed by atoms with van der Waals surface area (Å²) in [7, 11) is 0. The number of carbonyl (C=O) groups excluding carboxylic acids is 2. The van der Waals surface area contributed by atoms with E-state index in [9.17, 15) is 9.59 Å². The molecule has 140 valence electrons. The van der Waals surface area contributed by atoms with Gasteiger partial charge in [0.1, 0.15) is 0 Å². The van der Waals surface area contributed by atoms with Crippen LogP contribution in [-0.4, -0.2) is 31.1 Å². The molecule has 0 aromatic heterocycles. The smallest absolute Gasteiger partial charge is 0.271 e. The van der Waals surface area contributed by atoms with E-state index in [4.69, 9.17) is 0 Å². The normalized spacial score (nSPS) is 14.2. The summed E-state index contributed by atoms with van der Waals surface area (Å²) in [6.07, 6.45) is 5.43. The fourth-order valence-corrected chi connectivity index (χ4v) is 3.09. The van der Waals surface area contributed by atoms with E-state index in [0.717, 1.165) is 18.7 Å². The molecule has 6 heteroatoms. The summed E-state index contributed by atoms with van der Waals surface area (Å²) in [5.41, 5.74) is 5.67. The number of hydrazone groups is 1. The van der Waals surface area contributed by atoms with E-state index in [1.165, 1.54) is 31.9 Å². The average molecular weight is 364 g/mol. The monoisotopic (exact) mass is 364 g/mol. The molecule has 1 fully saturated rings. The van der Waals surface area contributed by atoms with Gasteiger partial charge in [-0.3, -0.25) is 9.59 Å². The molecule has 6 nitrogen and oxygen atoms in total. The predicted octanol–water partition coefficient (Wildman–Crippen LogP) is 3.40. The maximum absolute atomic E-state index is 12.2. The molecular weight excluding hydrogens is 340 g/mol. The van der Waals surface area contributed by atoms with Gasteiger partial charge in [-0.25, -0.2) is 5.43 Å². The average Bonchev–Trinajstić information content (AvgIpc) is 2.69. The molecule has 0 atom stereocenters. The Bertz CT molecular complexity index is 824. The van der Waals surface area contributed by atoms with Gasteiger partial charge in [-0.1, -0.05) is 18.2 Å². The number of anilines is 2. The van der Waals surface area contributed by atoms with Crippen molar-refractivity contribution in [3.05, 3.63) is 59.7 Å². The van der Waals surface area contributed by atoms with Crippen molar-refractivity contribution in [3.8, 4) is 0 Å². The summed E-state index contributed by atoms with van der Waals surface area (Å²) in [6, 6.07) is 14.9. The Morgan fingerprint density at radius 2 is 1.78 bits per heavy atom. The molecule has 27 heavy (non-hydrogen) atoms. The molecule has 1 heterocycles. The molecule has 0 aliphatic carbocycles. The van der Waals surface area contributed by atoms with Crippen molar-refractivity contribution in [1.82, 2.24) is 5.43 Å². The second kappa shape index (κ2) is 8.98. The van der Waals surface area contributed by atoms with Gasteiger partial charge < -0.3 is 10.2 Å².